The van der Waals surface area contributed by atoms with E-state index in [9.17, 15) is 10.5 Å². The molecule has 0 atom stereocenters. The molecule has 0 bridgehead atoms. The van der Waals surface area contributed by atoms with E-state index in [1.807, 2.05) is 0 Å². The lowest BCUT2D eigenvalue weighted by Crippen LogP contribution is -2.03. The third-order valence-electron chi connectivity index (χ3n) is 15.1. The largest absolute Gasteiger partial charge is 0.344 e. The van der Waals surface area contributed by atoms with Gasteiger partial charge in [0.05, 0.1) is 11.1 Å². The maximum Gasteiger partial charge on any atom is 0.100 e. The highest BCUT2D eigenvalue weighted by Crippen LogP contribution is 2.51. The topological polar surface area (TPSA) is 67.3 Å². The maximum atomic E-state index is 12.1. The molecule has 0 fully saturated rings. The summed E-state index contributed by atoms with van der Waals surface area (Å²) in [6.45, 7) is 9.01. The van der Waals surface area contributed by atoms with Crippen LogP contribution in [-0.4, -0.2) is 18.3 Å². The minimum absolute atomic E-state index is 0.532. The summed E-state index contributed by atoms with van der Waals surface area (Å²) in [5, 5.41) is 33.2. The van der Waals surface area contributed by atoms with Crippen LogP contribution in [0.3, 0.4) is 0 Å². The molecule has 0 saturated carbocycles. The number of para-hydroxylation sites is 4. The molecule has 0 unspecified atom stereocenters. The number of benzene rings is 9. The quantitative estimate of drug-likeness (QED) is 0.160. The Balaban J connectivity index is 1.22. The zero-order valence-corrected chi connectivity index (χ0v) is 39.0. The van der Waals surface area contributed by atoms with Crippen molar-refractivity contribution in [3.05, 3.63) is 181 Å². The van der Waals surface area contributed by atoms with Gasteiger partial charge in [0.25, 0.3) is 0 Å². The standard InChI is InChI=1S/C63H46N6/c1-5-67-54-21-13-9-17-43(54)47-33-39(25-29-57(47)67)61-51(37-65)63(41-27-31-59-49(35-41)45-19-11-15-23-56(45)69(59)7-3)62(40-26-30-58-48(34-40)44-18-10-14-22-55(44)68(58)6-2)50(36-64)60(61)38-24-28-53-46(32-38)42-16-8-12-20-52(42)66(53)4/h8-35H,5-7H2,1-4H3. The first-order valence-electron chi connectivity index (χ1n) is 24.0. The smallest absolute Gasteiger partial charge is 0.100 e. The van der Waals surface area contributed by atoms with Crippen molar-refractivity contribution in [2.45, 2.75) is 40.4 Å². The van der Waals surface area contributed by atoms with Crippen LogP contribution in [0.15, 0.2) is 170 Å². The zero-order valence-electron chi connectivity index (χ0n) is 39.0. The molecule has 0 radical (unpaired) electrons. The molecular weight excluding hydrogens is 841 g/mol. The van der Waals surface area contributed by atoms with E-state index in [1.54, 1.807) is 0 Å². The second-order valence-corrected chi connectivity index (χ2v) is 18.3. The summed E-state index contributed by atoms with van der Waals surface area (Å²) in [4.78, 5) is 0. The molecule has 4 aromatic heterocycles. The van der Waals surface area contributed by atoms with Crippen molar-refractivity contribution >= 4 is 87.2 Å². The van der Waals surface area contributed by atoms with Crippen LogP contribution in [0.5, 0.6) is 0 Å². The van der Waals surface area contributed by atoms with Gasteiger partial charge in [0.15, 0.2) is 0 Å². The fraction of sp³-hybridized carbons (Fsp3) is 0.111. The Morgan fingerprint density at radius 3 is 0.884 bits per heavy atom. The lowest BCUT2D eigenvalue weighted by molar-refractivity contribution is 0.827. The Labute approximate surface area is 399 Å². The third-order valence-corrected chi connectivity index (χ3v) is 15.1. The second kappa shape index (κ2) is 15.4. The number of aromatic nitrogens is 4. The van der Waals surface area contributed by atoms with Gasteiger partial charge in [0, 0.05) is 136 Å². The van der Waals surface area contributed by atoms with Gasteiger partial charge in [0.2, 0.25) is 0 Å². The second-order valence-electron chi connectivity index (χ2n) is 18.3. The summed E-state index contributed by atoms with van der Waals surface area (Å²) in [6, 6.07) is 66.4. The predicted octanol–water partition coefficient (Wildman–Crippen LogP) is 16.1. The van der Waals surface area contributed by atoms with Gasteiger partial charge in [-0.2, -0.15) is 10.5 Å². The first kappa shape index (κ1) is 40.4. The van der Waals surface area contributed by atoms with Gasteiger partial charge in [-0.1, -0.05) is 97.1 Å². The summed E-state index contributed by atoms with van der Waals surface area (Å²) in [5.41, 5.74) is 16.8. The number of rotatable bonds is 7. The Bertz CT molecular complexity index is 4420. The van der Waals surface area contributed by atoms with Crippen LogP contribution < -0.4 is 0 Å². The molecule has 9 aromatic carbocycles. The molecule has 4 heterocycles. The van der Waals surface area contributed by atoms with Gasteiger partial charge in [0.1, 0.15) is 12.1 Å². The van der Waals surface area contributed by atoms with Gasteiger partial charge >= 0.3 is 0 Å². The summed E-state index contributed by atoms with van der Waals surface area (Å²) in [7, 11) is 2.11. The highest BCUT2D eigenvalue weighted by atomic mass is 15.0. The minimum Gasteiger partial charge on any atom is -0.344 e. The van der Waals surface area contributed by atoms with E-state index < -0.39 is 0 Å². The first-order valence-corrected chi connectivity index (χ1v) is 24.0. The van der Waals surface area contributed by atoms with Crippen LogP contribution >= 0.6 is 0 Å². The predicted molar refractivity (Wildman–Crippen MR) is 288 cm³/mol. The molecule has 328 valence electrons. The van der Waals surface area contributed by atoms with Gasteiger partial charge in [-0.25, -0.2) is 0 Å². The molecule has 0 aliphatic heterocycles. The summed E-state index contributed by atoms with van der Waals surface area (Å²) < 4.78 is 9.32. The van der Waals surface area contributed by atoms with Crippen LogP contribution in [0, 0.1) is 22.7 Å². The van der Waals surface area contributed by atoms with Crippen LogP contribution in [0.1, 0.15) is 31.9 Å². The minimum atomic E-state index is 0.532. The van der Waals surface area contributed by atoms with Gasteiger partial charge in [-0.05, 0) is 116 Å². The molecule has 0 aliphatic rings. The average molecular weight is 887 g/mol. The Morgan fingerprint density at radius 1 is 0.319 bits per heavy atom. The van der Waals surface area contributed by atoms with E-state index in [4.69, 9.17) is 0 Å². The Morgan fingerprint density at radius 2 is 0.565 bits per heavy atom. The van der Waals surface area contributed by atoms with Crippen molar-refractivity contribution in [3.8, 4) is 56.6 Å². The maximum absolute atomic E-state index is 12.1. The number of hydrogen-bond acceptors (Lipinski definition) is 2. The lowest BCUT2D eigenvalue weighted by Gasteiger charge is -2.23. The number of fused-ring (bicyclic) bond motifs is 12. The monoisotopic (exact) mass is 886 g/mol. The highest BCUT2D eigenvalue weighted by molar-refractivity contribution is 6.16. The molecule has 13 rings (SSSR count). The fourth-order valence-electron chi connectivity index (χ4n) is 12.1. The average Bonchev–Trinajstić information content (AvgIpc) is 4.11. The molecule has 13 aromatic rings. The van der Waals surface area contributed by atoms with Crippen molar-refractivity contribution in [3.63, 3.8) is 0 Å². The summed E-state index contributed by atoms with van der Waals surface area (Å²) >= 11 is 0. The van der Waals surface area contributed by atoms with Crippen LogP contribution in [0.4, 0.5) is 0 Å². The van der Waals surface area contributed by atoms with E-state index >= 15 is 0 Å². The number of nitrogens with zero attached hydrogens (tertiary/aromatic N) is 6. The van der Waals surface area contributed by atoms with Crippen molar-refractivity contribution < 1.29 is 0 Å². The van der Waals surface area contributed by atoms with Crippen LogP contribution in [0.25, 0.3) is 132 Å². The van der Waals surface area contributed by atoms with E-state index in [0.717, 1.165) is 135 Å². The Hall–Kier alpha value is -8.84. The molecule has 0 saturated heterocycles. The van der Waals surface area contributed by atoms with E-state index in [1.165, 1.54) is 16.6 Å². The molecule has 69 heavy (non-hydrogen) atoms. The normalized spacial score (nSPS) is 11.9. The summed E-state index contributed by atoms with van der Waals surface area (Å²) in [6.07, 6.45) is 0. The van der Waals surface area contributed by atoms with E-state index in [2.05, 4.69) is 228 Å². The Kier molecular flexibility index (Phi) is 9.00. The molecule has 0 aliphatic carbocycles. The number of nitriles is 2. The third kappa shape index (κ3) is 5.64. The van der Waals surface area contributed by atoms with Crippen LogP contribution in [0.2, 0.25) is 0 Å². The van der Waals surface area contributed by atoms with Crippen molar-refractivity contribution in [2.24, 2.45) is 7.05 Å². The molecular formula is C63H46N6. The van der Waals surface area contributed by atoms with Gasteiger partial charge in [-0.15, -0.1) is 0 Å². The SMILES string of the molecule is CCn1c2ccccc2c2cc(-c3c(C#N)c(-c4ccc5c(c4)c4ccccc4n5CC)c(-c4ccc5c(c4)c4ccccc4n5CC)c(C#N)c3-c3ccc4c(c3)c3ccccc3n4C)ccc21. The molecule has 6 heteroatoms. The van der Waals surface area contributed by atoms with Crippen LogP contribution in [-0.2, 0) is 26.7 Å². The molecule has 6 nitrogen and oxygen atoms in total. The molecule has 0 amide bonds. The van der Waals surface area contributed by atoms with Gasteiger partial charge in [-0.3, -0.25) is 0 Å². The highest BCUT2D eigenvalue weighted by Gasteiger charge is 2.30. The van der Waals surface area contributed by atoms with Crippen molar-refractivity contribution in [1.82, 2.24) is 18.3 Å². The van der Waals surface area contributed by atoms with E-state index in [-0.39, 0.29) is 0 Å². The molecule has 0 N–H and O–H groups in total. The van der Waals surface area contributed by atoms with Crippen molar-refractivity contribution in [1.29, 1.82) is 10.5 Å². The fourth-order valence-corrected chi connectivity index (χ4v) is 12.1. The van der Waals surface area contributed by atoms with Gasteiger partial charge < -0.3 is 18.3 Å². The molecule has 0 spiro atoms. The number of aryl methyl sites for hydroxylation is 4. The first-order chi connectivity index (χ1) is 34.0. The number of hydrogen-bond donors (Lipinski definition) is 0. The summed E-state index contributed by atoms with van der Waals surface area (Å²) in [5.74, 6) is 0. The zero-order chi connectivity index (χ0) is 46.7. The van der Waals surface area contributed by atoms with E-state index in [0.29, 0.717) is 11.1 Å². The van der Waals surface area contributed by atoms with Crippen molar-refractivity contribution in [2.75, 3.05) is 0 Å². The lowest BCUT2D eigenvalue weighted by atomic mass is 9.77.